The molecule has 0 saturated heterocycles. The van der Waals surface area contributed by atoms with Crippen LogP contribution in [-0.2, 0) is 0 Å². The van der Waals surface area contributed by atoms with Gasteiger partial charge in [0.1, 0.15) is 11.4 Å². The SMILES string of the molecule is NC1=NC(=O)N(CC2CC2)C12CCC(C(F)(F)F)CC2. The quantitative estimate of drug-likeness (QED) is 0.849. The van der Waals surface area contributed by atoms with Gasteiger partial charge in [-0.05, 0) is 44.4 Å². The molecule has 2 aliphatic carbocycles. The molecule has 0 radical (unpaired) electrons. The maximum absolute atomic E-state index is 12.8. The van der Waals surface area contributed by atoms with Gasteiger partial charge in [0.2, 0.25) is 0 Å². The Kier molecular flexibility index (Phi) is 2.99. The zero-order valence-electron chi connectivity index (χ0n) is 11.1. The molecule has 3 rings (SSSR count). The van der Waals surface area contributed by atoms with Gasteiger partial charge in [0, 0.05) is 6.54 Å². The van der Waals surface area contributed by atoms with Crippen molar-refractivity contribution in [2.45, 2.75) is 50.2 Å². The van der Waals surface area contributed by atoms with Crippen molar-refractivity contribution < 1.29 is 18.0 Å². The minimum absolute atomic E-state index is 0.0220. The van der Waals surface area contributed by atoms with Gasteiger partial charge in [-0.3, -0.25) is 0 Å². The first-order valence-electron chi connectivity index (χ1n) is 7.06. The molecule has 2 amide bonds. The summed E-state index contributed by atoms with van der Waals surface area (Å²) in [5, 5.41) is 0. The molecule has 0 bridgehead atoms. The van der Waals surface area contributed by atoms with Crippen LogP contribution in [0.1, 0.15) is 38.5 Å². The first-order valence-corrected chi connectivity index (χ1v) is 7.06. The predicted octanol–water partition coefficient (Wildman–Crippen LogP) is 2.68. The Hall–Kier alpha value is -1.27. The minimum atomic E-state index is -4.16. The zero-order chi connectivity index (χ0) is 14.5. The summed E-state index contributed by atoms with van der Waals surface area (Å²) in [5.74, 6) is -0.597. The van der Waals surface area contributed by atoms with Gasteiger partial charge in [-0.15, -0.1) is 0 Å². The summed E-state index contributed by atoms with van der Waals surface area (Å²) < 4.78 is 38.3. The van der Waals surface area contributed by atoms with Crippen LogP contribution in [-0.4, -0.2) is 35.0 Å². The number of hydrogen-bond donors (Lipinski definition) is 1. The fourth-order valence-electron chi connectivity index (χ4n) is 3.35. The van der Waals surface area contributed by atoms with Gasteiger partial charge in [0.25, 0.3) is 0 Å². The second-order valence-electron chi connectivity index (χ2n) is 6.18. The van der Waals surface area contributed by atoms with Crippen molar-refractivity contribution in [1.29, 1.82) is 0 Å². The third-order valence-electron chi connectivity index (χ3n) is 4.85. The summed E-state index contributed by atoms with van der Waals surface area (Å²) in [7, 11) is 0. The van der Waals surface area contributed by atoms with Gasteiger partial charge < -0.3 is 10.6 Å². The third-order valence-corrected chi connectivity index (χ3v) is 4.85. The number of nitrogens with two attached hydrogens (primary N) is 1. The van der Waals surface area contributed by atoms with Gasteiger partial charge in [-0.25, -0.2) is 4.79 Å². The standard InChI is InChI=1S/C13H18F3N3O/c14-13(15,16)9-3-5-12(6-4-9)10(17)18-11(20)19(12)7-8-1-2-8/h8-9H,1-7H2,(H2,17,18,20). The van der Waals surface area contributed by atoms with E-state index in [0.717, 1.165) is 12.8 Å². The lowest BCUT2D eigenvalue weighted by atomic mass is 9.75. The van der Waals surface area contributed by atoms with Crippen LogP contribution in [0.4, 0.5) is 18.0 Å². The highest BCUT2D eigenvalue weighted by molar-refractivity contribution is 6.05. The Morgan fingerprint density at radius 3 is 2.35 bits per heavy atom. The average molecular weight is 289 g/mol. The minimum Gasteiger partial charge on any atom is -0.385 e. The van der Waals surface area contributed by atoms with E-state index >= 15 is 0 Å². The van der Waals surface area contributed by atoms with Crippen molar-refractivity contribution in [3.8, 4) is 0 Å². The number of rotatable bonds is 2. The van der Waals surface area contributed by atoms with Crippen molar-refractivity contribution in [3.63, 3.8) is 0 Å². The number of nitrogens with zero attached hydrogens (tertiary/aromatic N) is 2. The molecule has 0 aromatic heterocycles. The molecule has 2 saturated carbocycles. The van der Waals surface area contributed by atoms with Gasteiger partial charge in [-0.1, -0.05) is 0 Å². The molecule has 3 aliphatic rings. The lowest BCUT2D eigenvalue weighted by Gasteiger charge is -2.43. The number of amidine groups is 1. The second kappa shape index (κ2) is 4.36. The Balaban J connectivity index is 1.76. The molecule has 0 atom stereocenters. The number of carbonyl (C=O) groups excluding carboxylic acids is 1. The van der Waals surface area contributed by atoms with E-state index in [0.29, 0.717) is 12.5 Å². The molecule has 1 spiro atoms. The first-order chi connectivity index (χ1) is 9.33. The summed E-state index contributed by atoms with van der Waals surface area (Å²) in [6.07, 6.45) is -1.42. The topological polar surface area (TPSA) is 58.7 Å². The summed E-state index contributed by atoms with van der Waals surface area (Å²) in [4.78, 5) is 17.4. The molecular formula is C13H18F3N3O. The first kappa shape index (κ1) is 13.7. The average Bonchev–Trinajstić information content (AvgIpc) is 3.15. The van der Waals surface area contributed by atoms with Crippen molar-refractivity contribution in [2.75, 3.05) is 6.54 Å². The Labute approximate surface area is 115 Å². The predicted molar refractivity (Wildman–Crippen MR) is 67.2 cm³/mol. The Bertz CT molecular complexity index is 448. The maximum atomic E-state index is 12.8. The molecule has 2 N–H and O–H groups in total. The van der Waals surface area contributed by atoms with Crippen molar-refractivity contribution in [3.05, 3.63) is 0 Å². The highest BCUT2D eigenvalue weighted by Crippen LogP contribution is 2.46. The zero-order valence-corrected chi connectivity index (χ0v) is 11.1. The monoisotopic (exact) mass is 289 g/mol. The van der Waals surface area contributed by atoms with E-state index in [4.69, 9.17) is 5.73 Å². The highest BCUT2D eigenvalue weighted by atomic mass is 19.4. The van der Waals surface area contributed by atoms with E-state index in [1.165, 1.54) is 0 Å². The van der Waals surface area contributed by atoms with Crippen LogP contribution < -0.4 is 5.73 Å². The van der Waals surface area contributed by atoms with Gasteiger partial charge in [0.05, 0.1) is 5.92 Å². The Morgan fingerprint density at radius 1 is 1.25 bits per heavy atom. The molecule has 2 fully saturated rings. The normalized spacial score (nSPS) is 34.8. The molecule has 4 nitrogen and oxygen atoms in total. The van der Waals surface area contributed by atoms with Crippen LogP contribution >= 0.6 is 0 Å². The third kappa shape index (κ3) is 2.16. The van der Waals surface area contributed by atoms with E-state index < -0.39 is 17.6 Å². The van der Waals surface area contributed by atoms with Crippen molar-refractivity contribution in [2.24, 2.45) is 22.6 Å². The molecule has 0 aromatic rings. The molecule has 1 heterocycles. The lowest BCUT2D eigenvalue weighted by Crippen LogP contribution is -2.57. The van der Waals surface area contributed by atoms with Gasteiger partial charge in [0.15, 0.2) is 0 Å². The summed E-state index contributed by atoms with van der Waals surface area (Å²) in [6, 6.07) is -0.375. The van der Waals surface area contributed by atoms with E-state index in [-0.39, 0.29) is 37.6 Å². The van der Waals surface area contributed by atoms with E-state index in [1.807, 2.05) is 0 Å². The molecule has 1 aliphatic heterocycles. The van der Waals surface area contributed by atoms with Crippen LogP contribution in [0.25, 0.3) is 0 Å². The molecular weight excluding hydrogens is 271 g/mol. The van der Waals surface area contributed by atoms with Crippen LogP contribution in [0.5, 0.6) is 0 Å². The van der Waals surface area contributed by atoms with Crippen molar-refractivity contribution >= 4 is 11.9 Å². The Morgan fingerprint density at radius 2 is 1.85 bits per heavy atom. The number of aliphatic imine (C=N–C) groups is 1. The fourth-order valence-corrected chi connectivity index (χ4v) is 3.35. The summed E-state index contributed by atoms with van der Waals surface area (Å²) in [5.41, 5.74) is 5.13. The van der Waals surface area contributed by atoms with Crippen molar-refractivity contribution in [1.82, 2.24) is 4.90 Å². The number of amides is 2. The number of hydrogen-bond acceptors (Lipinski definition) is 2. The lowest BCUT2D eigenvalue weighted by molar-refractivity contribution is -0.185. The van der Waals surface area contributed by atoms with Crippen LogP contribution in [0.3, 0.4) is 0 Å². The number of alkyl halides is 3. The molecule has 0 unspecified atom stereocenters. The van der Waals surface area contributed by atoms with E-state index in [9.17, 15) is 18.0 Å². The molecule has 20 heavy (non-hydrogen) atoms. The van der Waals surface area contributed by atoms with E-state index in [2.05, 4.69) is 4.99 Å². The van der Waals surface area contributed by atoms with Gasteiger partial charge >= 0.3 is 12.2 Å². The van der Waals surface area contributed by atoms with Crippen LogP contribution in [0, 0.1) is 11.8 Å². The summed E-state index contributed by atoms with van der Waals surface area (Å²) >= 11 is 0. The maximum Gasteiger partial charge on any atom is 0.391 e. The van der Waals surface area contributed by atoms with Gasteiger partial charge in [-0.2, -0.15) is 18.2 Å². The fraction of sp³-hybridized carbons (Fsp3) is 0.846. The molecule has 0 aromatic carbocycles. The van der Waals surface area contributed by atoms with Crippen LogP contribution in [0.15, 0.2) is 4.99 Å². The van der Waals surface area contributed by atoms with Crippen LogP contribution in [0.2, 0.25) is 0 Å². The number of carbonyl (C=O) groups is 1. The highest BCUT2D eigenvalue weighted by Gasteiger charge is 2.54. The smallest absolute Gasteiger partial charge is 0.385 e. The van der Waals surface area contributed by atoms with E-state index in [1.54, 1.807) is 4.90 Å². The molecule has 112 valence electrons. The number of urea groups is 1. The summed E-state index contributed by atoms with van der Waals surface area (Å²) in [6.45, 7) is 0.583. The largest absolute Gasteiger partial charge is 0.391 e. The second-order valence-corrected chi connectivity index (χ2v) is 6.18. The number of halogens is 3. The molecule has 7 heteroatoms.